The van der Waals surface area contributed by atoms with Gasteiger partial charge in [-0.3, -0.25) is 4.99 Å². The van der Waals surface area contributed by atoms with Crippen LogP contribution in [0.1, 0.15) is 31.2 Å². The van der Waals surface area contributed by atoms with Crippen molar-refractivity contribution in [1.82, 2.24) is 20.4 Å². The highest BCUT2D eigenvalue weighted by Gasteiger charge is 2.36. The van der Waals surface area contributed by atoms with Crippen LogP contribution in [0.4, 0.5) is 0 Å². The molecule has 0 radical (unpaired) electrons. The van der Waals surface area contributed by atoms with Crippen molar-refractivity contribution in [2.24, 2.45) is 10.4 Å². The predicted octanol–water partition coefficient (Wildman–Crippen LogP) is 3.36. The van der Waals surface area contributed by atoms with E-state index >= 15 is 0 Å². The fourth-order valence-corrected chi connectivity index (χ4v) is 3.36. The first-order chi connectivity index (χ1) is 12.7. The van der Waals surface area contributed by atoms with Gasteiger partial charge in [0.2, 0.25) is 0 Å². The molecular formula is C20H30IN5O. The van der Waals surface area contributed by atoms with Crippen LogP contribution in [0.25, 0.3) is 5.69 Å². The summed E-state index contributed by atoms with van der Waals surface area (Å²) < 4.78 is 7.16. The van der Waals surface area contributed by atoms with Gasteiger partial charge in [0.25, 0.3) is 0 Å². The number of rotatable bonds is 8. The average molecular weight is 483 g/mol. The van der Waals surface area contributed by atoms with E-state index in [2.05, 4.69) is 20.7 Å². The summed E-state index contributed by atoms with van der Waals surface area (Å²) in [6, 6.07) is 10.1. The molecule has 0 amide bonds. The maximum atomic E-state index is 5.27. The molecule has 1 fully saturated rings. The van der Waals surface area contributed by atoms with E-state index in [0.717, 1.165) is 36.8 Å². The largest absolute Gasteiger partial charge is 0.385 e. The number of para-hydroxylation sites is 1. The molecule has 1 saturated carbocycles. The topological polar surface area (TPSA) is 63.5 Å². The number of ether oxygens (including phenoxy) is 1. The normalized spacial score (nSPS) is 15.6. The van der Waals surface area contributed by atoms with E-state index in [4.69, 9.17) is 4.74 Å². The molecule has 2 aromatic rings. The van der Waals surface area contributed by atoms with E-state index < -0.39 is 0 Å². The highest BCUT2D eigenvalue weighted by Crippen LogP contribution is 2.43. The molecule has 1 aromatic heterocycles. The van der Waals surface area contributed by atoms with Gasteiger partial charge in [-0.25, -0.2) is 4.68 Å². The van der Waals surface area contributed by atoms with Gasteiger partial charge in [0.1, 0.15) is 0 Å². The minimum absolute atomic E-state index is 0. The number of aliphatic imine (C=N–C) groups is 1. The van der Waals surface area contributed by atoms with E-state index in [0.29, 0.717) is 12.0 Å². The van der Waals surface area contributed by atoms with Crippen LogP contribution in [0.2, 0.25) is 0 Å². The molecule has 1 aliphatic rings. The Labute approximate surface area is 178 Å². The first kappa shape index (κ1) is 21.7. The average Bonchev–Trinajstić information content (AvgIpc) is 3.12. The molecule has 148 valence electrons. The predicted molar refractivity (Wildman–Crippen MR) is 120 cm³/mol. The van der Waals surface area contributed by atoms with Crippen molar-refractivity contribution in [1.29, 1.82) is 0 Å². The lowest BCUT2D eigenvalue weighted by molar-refractivity contribution is 0.0732. The third-order valence-corrected chi connectivity index (χ3v) is 5.22. The summed E-state index contributed by atoms with van der Waals surface area (Å²) in [5.41, 5.74) is 2.55. The summed E-state index contributed by atoms with van der Waals surface area (Å²) in [6.07, 6.45) is 8.89. The number of nitrogens with one attached hydrogen (secondary N) is 2. The van der Waals surface area contributed by atoms with Crippen LogP contribution in [0.3, 0.4) is 0 Å². The van der Waals surface area contributed by atoms with Crippen LogP contribution in [0.5, 0.6) is 0 Å². The van der Waals surface area contributed by atoms with Crippen LogP contribution in [-0.2, 0) is 11.3 Å². The molecule has 2 N–H and O–H groups in total. The van der Waals surface area contributed by atoms with Crippen LogP contribution < -0.4 is 10.6 Å². The zero-order valence-electron chi connectivity index (χ0n) is 16.1. The molecule has 0 bridgehead atoms. The van der Waals surface area contributed by atoms with E-state index in [1.807, 2.05) is 54.5 Å². The Kier molecular flexibility index (Phi) is 8.56. The van der Waals surface area contributed by atoms with E-state index in [1.54, 1.807) is 7.11 Å². The summed E-state index contributed by atoms with van der Waals surface area (Å²) in [4.78, 5) is 4.35. The molecule has 7 heteroatoms. The van der Waals surface area contributed by atoms with E-state index in [9.17, 15) is 0 Å². The molecule has 3 rings (SSSR count). The van der Waals surface area contributed by atoms with Crippen molar-refractivity contribution in [3.63, 3.8) is 0 Å². The maximum absolute atomic E-state index is 5.27. The lowest BCUT2D eigenvalue weighted by Gasteiger charge is -2.42. The molecule has 0 aliphatic heterocycles. The highest BCUT2D eigenvalue weighted by atomic mass is 127. The minimum Gasteiger partial charge on any atom is -0.385 e. The zero-order chi connectivity index (χ0) is 18.2. The van der Waals surface area contributed by atoms with Gasteiger partial charge in [-0.15, -0.1) is 24.0 Å². The fraction of sp³-hybridized carbons (Fsp3) is 0.500. The molecule has 1 heterocycles. The third kappa shape index (κ3) is 5.93. The second-order valence-corrected chi connectivity index (χ2v) is 7.00. The number of methoxy groups -OCH3 is 1. The fourth-order valence-electron chi connectivity index (χ4n) is 3.36. The lowest BCUT2D eigenvalue weighted by Crippen LogP contribution is -2.46. The molecule has 0 atom stereocenters. The number of halogens is 1. The van der Waals surface area contributed by atoms with Crippen LogP contribution in [0, 0.1) is 5.41 Å². The van der Waals surface area contributed by atoms with Crippen molar-refractivity contribution in [2.75, 3.05) is 27.3 Å². The Balaban J connectivity index is 0.00000261. The van der Waals surface area contributed by atoms with Gasteiger partial charge < -0.3 is 15.4 Å². The van der Waals surface area contributed by atoms with Crippen LogP contribution in [0.15, 0.2) is 47.7 Å². The van der Waals surface area contributed by atoms with Gasteiger partial charge in [-0.1, -0.05) is 24.6 Å². The highest BCUT2D eigenvalue weighted by molar-refractivity contribution is 14.0. The number of aromatic nitrogens is 2. The van der Waals surface area contributed by atoms with E-state index in [-0.39, 0.29) is 24.0 Å². The lowest BCUT2D eigenvalue weighted by atomic mass is 9.67. The summed E-state index contributed by atoms with van der Waals surface area (Å²) in [5, 5.41) is 11.3. The van der Waals surface area contributed by atoms with Gasteiger partial charge in [0.15, 0.2) is 5.96 Å². The number of hydrogen-bond acceptors (Lipinski definition) is 3. The Hall–Kier alpha value is -1.61. The zero-order valence-corrected chi connectivity index (χ0v) is 18.5. The standard InChI is InChI=1S/C20H29N5O.HI/c1-21-19(23-16-20(9-6-10-20)11-12-26-2)22-13-17-14-24-25(15-17)18-7-4-3-5-8-18;/h3-5,7-8,14-15H,6,9-13,16H2,1-2H3,(H2,21,22,23);1H. The molecule has 0 unspecified atom stereocenters. The summed E-state index contributed by atoms with van der Waals surface area (Å²) >= 11 is 0. The Morgan fingerprint density at radius 2 is 2.04 bits per heavy atom. The second kappa shape index (κ2) is 10.7. The smallest absolute Gasteiger partial charge is 0.191 e. The Morgan fingerprint density at radius 1 is 1.26 bits per heavy atom. The Morgan fingerprint density at radius 3 is 2.67 bits per heavy atom. The maximum Gasteiger partial charge on any atom is 0.191 e. The monoisotopic (exact) mass is 483 g/mol. The first-order valence-electron chi connectivity index (χ1n) is 9.27. The number of hydrogen-bond donors (Lipinski definition) is 2. The molecule has 1 aromatic carbocycles. The van der Waals surface area contributed by atoms with Gasteiger partial charge in [-0.2, -0.15) is 5.10 Å². The molecule has 27 heavy (non-hydrogen) atoms. The van der Waals surface area contributed by atoms with Crippen molar-refractivity contribution >= 4 is 29.9 Å². The minimum atomic E-state index is 0. The van der Waals surface area contributed by atoms with Crippen LogP contribution >= 0.6 is 24.0 Å². The summed E-state index contributed by atoms with van der Waals surface area (Å²) in [5.74, 6) is 0.834. The van der Waals surface area contributed by atoms with Gasteiger partial charge in [-0.05, 0) is 36.8 Å². The summed E-state index contributed by atoms with van der Waals surface area (Å²) in [6.45, 7) is 2.46. The number of benzene rings is 1. The molecule has 0 spiro atoms. The SMILES string of the molecule is CN=C(NCc1cnn(-c2ccccc2)c1)NCC1(CCOC)CCC1.I. The number of guanidine groups is 1. The van der Waals surface area contributed by atoms with Crippen molar-refractivity contribution in [2.45, 2.75) is 32.2 Å². The first-order valence-corrected chi connectivity index (χ1v) is 9.27. The molecular weight excluding hydrogens is 453 g/mol. The third-order valence-electron chi connectivity index (χ3n) is 5.22. The van der Waals surface area contributed by atoms with Crippen LogP contribution in [-0.4, -0.2) is 43.0 Å². The molecule has 6 nitrogen and oxygen atoms in total. The quantitative estimate of drug-likeness (QED) is 0.344. The second-order valence-electron chi connectivity index (χ2n) is 7.00. The molecule has 1 aliphatic carbocycles. The number of nitrogens with zero attached hydrogens (tertiary/aromatic N) is 3. The van der Waals surface area contributed by atoms with Gasteiger partial charge >= 0.3 is 0 Å². The van der Waals surface area contributed by atoms with Crippen molar-refractivity contribution in [3.8, 4) is 5.69 Å². The molecule has 0 saturated heterocycles. The van der Waals surface area contributed by atoms with Gasteiger partial charge in [0.05, 0.1) is 11.9 Å². The Bertz CT molecular complexity index is 712. The van der Waals surface area contributed by atoms with Crippen molar-refractivity contribution in [3.05, 3.63) is 48.3 Å². The van der Waals surface area contributed by atoms with Gasteiger partial charge in [0, 0.05) is 45.6 Å². The van der Waals surface area contributed by atoms with Crippen molar-refractivity contribution < 1.29 is 4.74 Å². The van der Waals surface area contributed by atoms with E-state index in [1.165, 1.54) is 19.3 Å². The summed E-state index contributed by atoms with van der Waals surface area (Å²) in [7, 11) is 3.58.